The number of carbonyl (C=O) groups excluding carboxylic acids is 2. The van der Waals surface area contributed by atoms with E-state index in [-0.39, 0.29) is 22.8 Å². The third-order valence-corrected chi connectivity index (χ3v) is 4.70. The molecular weight excluding hydrogens is 386 g/mol. The van der Waals surface area contributed by atoms with Crippen molar-refractivity contribution in [3.05, 3.63) is 64.9 Å². The van der Waals surface area contributed by atoms with Crippen LogP contribution >= 0.6 is 0 Å². The Morgan fingerprint density at radius 1 is 1.17 bits per heavy atom. The van der Waals surface area contributed by atoms with Crippen molar-refractivity contribution in [2.75, 3.05) is 25.7 Å². The van der Waals surface area contributed by atoms with Crippen molar-refractivity contribution in [2.45, 2.75) is 13.8 Å². The van der Waals surface area contributed by atoms with Crippen LogP contribution in [-0.4, -0.2) is 37.8 Å². The molecule has 0 aliphatic carbocycles. The minimum Gasteiger partial charge on any atom is -0.504 e. The number of anilines is 1. The first-order valence-electron chi connectivity index (χ1n) is 9.36. The van der Waals surface area contributed by atoms with Gasteiger partial charge in [-0.25, -0.2) is 4.79 Å². The standard InChI is InChI=1S/C23H23NO6/c1-5-30-20-12-15(9-10-19(20)25)11-18-21(23(27)29-4)14(2)24(22(18)26)16-7-6-8-17(13-16)28-3/h6-13,25H,5H2,1-4H3/b18-11-. The molecule has 0 atom stereocenters. The quantitative estimate of drug-likeness (QED) is 0.579. The zero-order valence-electron chi connectivity index (χ0n) is 17.3. The first kappa shape index (κ1) is 21.0. The number of benzene rings is 2. The summed E-state index contributed by atoms with van der Waals surface area (Å²) in [5.41, 5.74) is 1.99. The Morgan fingerprint density at radius 3 is 2.60 bits per heavy atom. The summed E-state index contributed by atoms with van der Waals surface area (Å²) in [6, 6.07) is 11.7. The molecule has 3 rings (SSSR count). The fraction of sp³-hybridized carbons (Fsp3) is 0.217. The molecule has 1 amide bonds. The molecule has 0 spiro atoms. The number of phenols is 1. The zero-order valence-corrected chi connectivity index (χ0v) is 17.3. The number of allylic oxidation sites excluding steroid dienone is 1. The van der Waals surface area contributed by atoms with Crippen LogP contribution in [0.4, 0.5) is 5.69 Å². The lowest BCUT2D eigenvalue weighted by molar-refractivity contribution is -0.136. The Morgan fingerprint density at radius 2 is 1.93 bits per heavy atom. The lowest BCUT2D eigenvalue weighted by Gasteiger charge is -2.18. The Kier molecular flexibility index (Phi) is 6.11. The summed E-state index contributed by atoms with van der Waals surface area (Å²) >= 11 is 0. The Hall–Kier alpha value is -3.74. The molecule has 0 bridgehead atoms. The number of amides is 1. The number of aromatic hydroxyl groups is 1. The van der Waals surface area contributed by atoms with Crippen LogP contribution in [0.25, 0.3) is 6.08 Å². The van der Waals surface area contributed by atoms with E-state index < -0.39 is 5.97 Å². The van der Waals surface area contributed by atoms with Crippen LogP contribution in [0.3, 0.4) is 0 Å². The van der Waals surface area contributed by atoms with Crippen molar-refractivity contribution < 1.29 is 28.9 Å². The molecule has 0 aromatic heterocycles. The fourth-order valence-corrected chi connectivity index (χ4v) is 3.30. The molecule has 2 aromatic rings. The summed E-state index contributed by atoms with van der Waals surface area (Å²) in [6.45, 7) is 3.87. The van der Waals surface area contributed by atoms with Crippen molar-refractivity contribution in [1.82, 2.24) is 0 Å². The van der Waals surface area contributed by atoms with Gasteiger partial charge in [-0.05, 0) is 49.8 Å². The molecule has 156 valence electrons. The molecule has 0 fully saturated rings. The molecule has 1 heterocycles. The molecule has 2 aromatic carbocycles. The minimum atomic E-state index is -0.610. The number of esters is 1. The molecule has 30 heavy (non-hydrogen) atoms. The molecular formula is C23H23NO6. The van der Waals surface area contributed by atoms with E-state index in [2.05, 4.69) is 0 Å². The van der Waals surface area contributed by atoms with Crippen LogP contribution in [0.15, 0.2) is 59.3 Å². The molecule has 7 heteroatoms. The van der Waals surface area contributed by atoms with Crippen LogP contribution in [0, 0.1) is 0 Å². The summed E-state index contributed by atoms with van der Waals surface area (Å²) < 4.78 is 15.6. The highest BCUT2D eigenvalue weighted by molar-refractivity contribution is 6.23. The van der Waals surface area contributed by atoms with Gasteiger partial charge in [-0.2, -0.15) is 0 Å². The number of phenolic OH excluding ortho intramolecular Hbond substituents is 1. The number of methoxy groups -OCH3 is 2. The summed E-state index contributed by atoms with van der Waals surface area (Å²) in [4.78, 5) is 27.3. The molecule has 0 saturated carbocycles. The zero-order chi connectivity index (χ0) is 21.8. The van der Waals surface area contributed by atoms with Gasteiger partial charge in [-0.1, -0.05) is 12.1 Å². The molecule has 1 aliphatic rings. The van der Waals surface area contributed by atoms with Gasteiger partial charge in [0.25, 0.3) is 5.91 Å². The van der Waals surface area contributed by atoms with Gasteiger partial charge in [0.2, 0.25) is 0 Å². The average molecular weight is 409 g/mol. The molecule has 0 radical (unpaired) electrons. The van der Waals surface area contributed by atoms with Gasteiger partial charge in [0.1, 0.15) is 5.75 Å². The monoisotopic (exact) mass is 409 g/mol. The second-order valence-electron chi connectivity index (χ2n) is 6.51. The molecule has 1 aliphatic heterocycles. The average Bonchev–Trinajstić information content (AvgIpc) is 2.99. The van der Waals surface area contributed by atoms with Crippen LogP contribution in [-0.2, 0) is 14.3 Å². The predicted molar refractivity (Wildman–Crippen MR) is 112 cm³/mol. The van der Waals surface area contributed by atoms with E-state index in [1.165, 1.54) is 18.1 Å². The van der Waals surface area contributed by atoms with Crippen molar-refractivity contribution in [3.63, 3.8) is 0 Å². The largest absolute Gasteiger partial charge is 0.504 e. The van der Waals surface area contributed by atoms with Gasteiger partial charge in [0, 0.05) is 11.8 Å². The lowest BCUT2D eigenvalue weighted by Crippen LogP contribution is -2.24. The number of rotatable bonds is 6. The molecule has 0 saturated heterocycles. The van der Waals surface area contributed by atoms with Crippen molar-refractivity contribution in [3.8, 4) is 17.2 Å². The Bertz CT molecular complexity index is 1050. The summed E-state index contributed by atoms with van der Waals surface area (Å²) in [5, 5.41) is 9.92. The first-order chi connectivity index (χ1) is 14.4. The van der Waals surface area contributed by atoms with Crippen LogP contribution in [0.1, 0.15) is 19.4 Å². The fourth-order valence-electron chi connectivity index (χ4n) is 3.30. The second-order valence-corrected chi connectivity index (χ2v) is 6.51. The van der Waals surface area contributed by atoms with E-state index in [1.54, 1.807) is 63.4 Å². The summed E-state index contributed by atoms with van der Waals surface area (Å²) in [5.74, 6) is -0.101. The normalized spacial score (nSPS) is 15.0. The number of ether oxygens (including phenoxy) is 3. The summed E-state index contributed by atoms with van der Waals surface area (Å²) in [6.07, 6.45) is 1.58. The van der Waals surface area contributed by atoms with Crippen LogP contribution in [0.2, 0.25) is 0 Å². The van der Waals surface area contributed by atoms with E-state index in [9.17, 15) is 14.7 Å². The Labute approximate surface area is 174 Å². The lowest BCUT2D eigenvalue weighted by atomic mass is 10.0. The van der Waals surface area contributed by atoms with Crippen molar-refractivity contribution in [2.24, 2.45) is 0 Å². The van der Waals surface area contributed by atoms with Crippen molar-refractivity contribution >= 4 is 23.6 Å². The first-order valence-corrected chi connectivity index (χ1v) is 9.36. The van der Waals surface area contributed by atoms with E-state index in [1.807, 2.05) is 0 Å². The van der Waals surface area contributed by atoms with Crippen LogP contribution in [0.5, 0.6) is 17.2 Å². The number of hydrogen-bond donors (Lipinski definition) is 1. The maximum atomic E-state index is 13.3. The van der Waals surface area contributed by atoms with Gasteiger partial charge in [0.15, 0.2) is 11.5 Å². The van der Waals surface area contributed by atoms with Gasteiger partial charge >= 0.3 is 5.97 Å². The number of hydrogen-bond acceptors (Lipinski definition) is 6. The van der Waals surface area contributed by atoms with Crippen molar-refractivity contribution in [1.29, 1.82) is 0 Å². The highest BCUT2D eigenvalue weighted by Crippen LogP contribution is 2.37. The predicted octanol–water partition coefficient (Wildman–Crippen LogP) is 3.68. The second kappa shape index (κ2) is 8.73. The Balaban J connectivity index is 2.12. The molecule has 0 unspecified atom stereocenters. The van der Waals surface area contributed by atoms with Gasteiger partial charge in [-0.3, -0.25) is 9.69 Å². The van der Waals surface area contributed by atoms with E-state index in [0.29, 0.717) is 35.1 Å². The summed E-state index contributed by atoms with van der Waals surface area (Å²) in [7, 11) is 2.81. The number of carbonyl (C=O) groups is 2. The maximum absolute atomic E-state index is 13.3. The maximum Gasteiger partial charge on any atom is 0.340 e. The molecule has 1 N–H and O–H groups in total. The van der Waals surface area contributed by atoms with Gasteiger partial charge in [-0.15, -0.1) is 0 Å². The van der Waals surface area contributed by atoms with E-state index in [4.69, 9.17) is 14.2 Å². The topological polar surface area (TPSA) is 85.3 Å². The smallest absolute Gasteiger partial charge is 0.340 e. The van der Waals surface area contributed by atoms with E-state index >= 15 is 0 Å². The third kappa shape index (κ3) is 3.87. The van der Waals surface area contributed by atoms with E-state index in [0.717, 1.165) is 0 Å². The van der Waals surface area contributed by atoms with Crippen LogP contribution < -0.4 is 14.4 Å². The van der Waals surface area contributed by atoms with Gasteiger partial charge < -0.3 is 19.3 Å². The van der Waals surface area contributed by atoms with Gasteiger partial charge in [0.05, 0.1) is 37.7 Å². The number of nitrogens with zero attached hydrogens (tertiary/aromatic N) is 1. The SMILES string of the molecule is CCOc1cc(/C=C2\C(=O)N(c3cccc(OC)c3)C(C)=C2C(=O)OC)ccc1O. The highest BCUT2D eigenvalue weighted by Gasteiger charge is 2.38. The third-order valence-electron chi connectivity index (χ3n) is 4.70. The minimum absolute atomic E-state index is 0.00494. The molecule has 7 nitrogen and oxygen atoms in total. The highest BCUT2D eigenvalue weighted by atomic mass is 16.5.